The van der Waals surface area contributed by atoms with E-state index in [1.807, 2.05) is 0 Å². The third-order valence-corrected chi connectivity index (χ3v) is 3.32. The van der Waals surface area contributed by atoms with Crippen LogP contribution in [-0.4, -0.2) is 46.7 Å². The third kappa shape index (κ3) is 1.08. The van der Waals surface area contributed by atoms with Gasteiger partial charge in [-0.15, -0.1) is 0 Å². The normalized spacial score (nSPS) is 18.7. The van der Waals surface area contributed by atoms with E-state index in [4.69, 9.17) is 0 Å². The molecular weight excluding hydrogens is 236 g/mol. The molecular formula is C12H9N2O4. The summed E-state index contributed by atoms with van der Waals surface area (Å²) in [5.74, 6) is -1.24. The van der Waals surface area contributed by atoms with Gasteiger partial charge >= 0.3 is 0 Å². The molecule has 3 amide bonds. The number of hydrogen-bond donors (Lipinski definition) is 1. The van der Waals surface area contributed by atoms with Crippen molar-refractivity contribution in [3.8, 4) is 0 Å². The third-order valence-electron chi connectivity index (χ3n) is 3.32. The Balaban J connectivity index is 2.26. The molecule has 0 bridgehead atoms. The largest absolute Gasteiger partial charge is 0.363 e. The summed E-state index contributed by atoms with van der Waals surface area (Å²) in [5.41, 5.74) is 0.955. The molecule has 91 valence electrons. The number of rotatable bonds is 0. The summed E-state index contributed by atoms with van der Waals surface area (Å²) in [6.45, 7) is 0. The Hall–Kier alpha value is -2.21. The maximum Gasteiger partial charge on any atom is 0.261 e. The molecule has 0 saturated heterocycles. The van der Waals surface area contributed by atoms with Crippen LogP contribution in [0.25, 0.3) is 0 Å². The molecule has 6 heteroatoms. The molecule has 3 rings (SSSR count). The number of fused-ring (bicyclic) bond motifs is 2. The van der Waals surface area contributed by atoms with Crippen LogP contribution in [0.5, 0.6) is 0 Å². The Morgan fingerprint density at radius 3 is 1.72 bits per heavy atom. The standard InChI is InChI=1S/C12H9N2O4/c1-13-9(15)5-3-7-8(4-6(5)10(13)16)12(18)14(2)11(7)17/h3-4,15H,1-2H3. The number of nitrogens with zero attached hydrogens (tertiary/aromatic N) is 2. The van der Waals surface area contributed by atoms with Gasteiger partial charge in [-0.1, -0.05) is 0 Å². The van der Waals surface area contributed by atoms with Crippen molar-refractivity contribution in [3.05, 3.63) is 40.6 Å². The first-order valence-corrected chi connectivity index (χ1v) is 5.28. The van der Waals surface area contributed by atoms with Gasteiger partial charge in [0.1, 0.15) is 0 Å². The van der Waals surface area contributed by atoms with Crippen LogP contribution in [0.2, 0.25) is 0 Å². The smallest absolute Gasteiger partial charge is 0.261 e. The molecule has 0 aliphatic carbocycles. The molecule has 0 atom stereocenters. The van der Waals surface area contributed by atoms with E-state index < -0.39 is 11.8 Å². The van der Waals surface area contributed by atoms with Crippen molar-refractivity contribution in [3.63, 3.8) is 0 Å². The van der Waals surface area contributed by atoms with E-state index in [9.17, 15) is 19.5 Å². The Morgan fingerprint density at radius 2 is 1.17 bits per heavy atom. The summed E-state index contributed by atoms with van der Waals surface area (Å²) in [7, 11) is 2.81. The van der Waals surface area contributed by atoms with E-state index in [0.29, 0.717) is 0 Å². The van der Waals surface area contributed by atoms with Crippen molar-refractivity contribution in [1.29, 1.82) is 0 Å². The number of hydrogen-bond acceptors (Lipinski definition) is 4. The Labute approximate surface area is 102 Å². The second-order valence-corrected chi connectivity index (χ2v) is 4.30. The van der Waals surface area contributed by atoms with Crippen LogP contribution in [0, 0.1) is 6.23 Å². The molecule has 2 heterocycles. The first-order valence-electron chi connectivity index (χ1n) is 5.28. The average Bonchev–Trinajstić information content (AvgIpc) is 2.71. The zero-order valence-electron chi connectivity index (χ0n) is 9.72. The van der Waals surface area contributed by atoms with Gasteiger partial charge in [-0.2, -0.15) is 0 Å². The predicted molar refractivity (Wildman–Crippen MR) is 59.2 cm³/mol. The van der Waals surface area contributed by atoms with E-state index >= 15 is 0 Å². The van der Waals surface area contributed by atoms with E-state index in [1.54, 1.807) is 0 Å². The second kappa shape index (κ2) is 3.17. The molecule has 0 saturated carbocycles. The monoisotopic (exact) mass is 245 g/mol. The summed E-state index contributed by atoms with van der Waals surface area (Å²) in [6, 6.07) is 2.77. The average molecular weight is 245 g/mol. The van der Waals surface area contributed by atoms with E-state index in [-0.39, 0.29) is 34.4 Å². The molecule has 1 radical (unpaired) electrons. The van der Waals surface area contributed by atoms with Crippen LogP contribution in [0.1, 0.15) is 36.6 Å². The molecule has 6 nitrogen and oxygen atoms in total. The molecule has 2 aliphatic heterocycles. The Bertz CT molecular complexity index is 623. The van der Waals surface area contributed by atoms with Crippen molar-refractivity contribution in [2.24, 2.45) is 0 Å². The van der Waals surface area contributed by atoms with Gasteiger partial charge in [-0.25, -0.2) is 0 Å². The number of benzene rings is 1. The van der Waals surface area contributed by atoms with Crippen molar-refractivity contribution < 1.29 is 19.5 Å². The number of amides is 3. The van der Waals surface area contributed by atoms with Crippen LogP contribution < -0.4 is 0 Å². The maximum atomic E-state index is 11.8. The SMILES string of the molecule is CN1[C](O)c2cc3c(cc2C1=O)C(=O)N(C)C3=O. The summed E-state index contributed by atoms with van der Waals surface area (Å²) in [5, 5.41) is 9.78. The van der Waals surface area contributed by atoms with E-state index in [1.165, 1.54) is 26.2 Å². The molecule has 1 aromatic rings. The zero-order chi connectivity index (χ0) is 13.2. The van der Waals surface area contributed by atoms with Gasteiger partial charge < -0.3 is 10.0 Å². The number of carbonyl (C=O) groups excluding carboxylic acids is 3. The predicted octanol–water partition coefficient (Wildman–Crippen LogP) is 0.208. The van der Waals surface area contributed by atoms with Gasteiger partial charge in [0.15, 0.2) is 0 Å². The number of aliphatic hydroxyl groups excluding tert-OH is 1. The lowest BCUT2D eigenvalue weighted by atomic mass is 10.0. The quantitative estimate of drug-likeness (QED) is 0.663. The van der Waals surface area contributed by atoms with Crippen molar-refractivity contribution in [2.75, 3.05) is 14.1 Å². The van der Waals surface area contributed by atoms with Crippen LogP contribution >= 0.6 is 0 Å². The van der Waals surface area contributed by atoms with E-state index in [0.717, 1.165) is 9.80 Å². The van der Waals surface area contributed by atoms with Gasteiger partial charge in [0.25, 0.3) is 17.7 Å². The highest BCUT2D eigenvalue weighted by atomic mass is 16.3. The molecule has 1 aromatic carbocycles. The number of carbonyl (C=O) groups is 3. The van der Waals surface area contributed by atoms with Gasteiger partial charge in [-0.05, 0) is 12.1 Å². The van der Waals surface area contributed by atoms with Gasteiger partial charge in [0.2, 0.25) is 6.23 Å². The van der Waals surface area contributed by atoms with E-state index in [2.05, 4.69) is 0 Å². The molecule has 2 aliphatic rings. The molecule has 0 aromatic heterocycles. The zero-order valence-corrected chi connectivity index (χ0v) is 9.72. The number of imide groups is 1. The van der Waals surface area contributed by atoms with Gasteiger partial charge in [0.05, 0.1) is 11.1 Å². The fourth-order valence-corrected chi connectivity index (χ4v) is 2.23. The highest BCUT2D eigenvalue weighted by Crippen LogP contribution is 2.34. The summed E-state index contributed by atoms with van der Waals surface area (Å²) in [6.07, 6.45) is -0.201. The van der Waals surface area contributed by atoms with Crippen molar-refractivity contribution in [1.82, 2.24) is 9.80 Å². The summed E-state index contributed by atoms with van der Waals surface area (Å²) >= 11 is 0. The fraction of sp³-hybridized carbons (Fsp3) is 0.167. The minimum Gasteiger partial charge on any atom is -0.363 e. The van der Waals surface area contributed by atoms with Crippen molar-refractivity contribution in [2.45, 2.75) is 0 Å². The second-order valence-electron chi connectivity index (χ2n) is 4.30. The first kappa shape index (κ1) is 10.9. The lowest BCUT2D eigenvalue weighted by molar-refractivity contribution is 0.0692. The molecule has 0 spiro atoms. The molecule has 1 N–H and O–H groups in total. The minimum atomic E-state index is -0.431. The fourth-order valence-electron chi connectivity index (χ4n) is 2.23. The molecule has 18 heavy (non-hydrogen) atoms. The highest BCUT2D eigenvalue weighted by Gasteiger charge is 2.40. The van der Waals surface area contributed by atoms with Crippen molar-refractivity contribution >= 4 is 17.7 Å². The Kier molecular flexibility index (Phi) is 1.92. The summed E-state index contributed by atoms with van der Waals surface area (Å²) < 4.78 is 0. The summed E-state index contributed by atoms with van der Waals surface area (Å²) in [4.78, 5) is 37.5. The lowest BCUT2D eigenvalue weighted by Crippen LogP contribution is -2.25. The highest BCUT2D eigenvalue weighted by molar-refractivity contribution is 6.22. The Morgan fingerprint density at radius 1 is 0.778 bits per heavy atom. The number of aliphatic hydroxyl groups is 1. The first-order chi connectivity index (χ1) is 8.43. The van der Waals surface area contributed by atoms with Crippen LogP contribution in [0.4, 0.5) is 0 Å². The van der Waals surface area contributed by atoms with Gasteiger partial charge in [0, 0.05) is 25.2 Å². The topological polar surface area (TPSA) is 77.9 Å². The minimum absolute atomic E-state index is 0.201. The molecule has 0 fully saturated rings. The lowest BCUT2D eigenvalue weighted by Gasteiger charge is -2.11. The van der Waals surface area contributed by atoms with Gasteiger partial charge in [-0.3, -0.25) is 19.3 Å². The van der Waals surface area contributed by atoms with Crippen LogP contribution in [-0.2, 0) is 0 Å². The van der Waals surface area contributed by atoms with Crippen LogP contribution in [0.15, 0.2) is 12.1 Å². The molecule has 0 unspecified atom stereocenters. The maximum absolute atomic E-state index is 11.8. The van der Waals surface area contributed by atoms with Crippen LogP contribution in [0.3, 0.4) is 0 Å².